The average Bonchev–Trinajstić information content (AvgIpc) is 3.06. The minimum Gasteiger partial charge on any atom is -0.311 e. The first-order valence-corrected chi connectivity index (χ1v) is 8.61. The smallest absolute Gasteiger partial charge is 0.269 e. The number of nitrogens with zero attached hydrogens (tertiary/aromatic N) is 1. The maximum absolute atomic E-state index is 12.3. The van der Waals surface area contributed by atoms with E-state index in [1.165, 1.54) is 0 Å². The zero-order valence-corrected chi connectivity index (χ0v) is 15.0. The summed E-state index contributed by atoms with van der Waals surface area (Å²) in [6.07, 6.45) is 1.23. The molecule has 1 aliphatic heterocycles. The summed E-state index contributed by atoms with van der Waals surface area (Å²) < 4.78 is 0. The molecule has 6 nitrogen and oxygen atoms in total. The van der Waals surface area contributed by atoms with E-state index in [0.717, 1.165) is 12.0 Å². The van der Waals surface area contributed by atoms with E-state index in [1.807, 2.05) is 19.1 Å². The monoisotopic (exact) mass is 371 g/mol. The Balaban J connectivity index is 1.69. The Morgan fingerprint density at radius 3 is 2.23 bits per heavy atom. The van der Waals surface area contributed by atoms with Crippen molar-refractivity contribution in [1.29, 1.82) is 0 Å². The molecule has 0 atom stereocenters. The van der Waals surface area contributed by atoms with Crippen LogP contribution in [0.2, 0.25) is 5.02 Å². The molecule has 7 heteroatoms. The Labute approximate surface area is 156 Å². The maximum Gasteiger partial charge on any atom is 0.269 e. The molecule has 3 rings (SSSR count). The lowest BCUT2D eigenvalue weighted by molar-refractivity contribution is -0.117. The highest BCUT2D eigenvalue weighted by Crippen LogP contribution is 2.30. The van der Waals surface area contributed by atoms with Gasteiger partial charge in [0.2, 0.25) is 5.91 Å². The molecule has 1 aliphatic rings. The molecule has 134 valence electrons. The summed E-state index contributed by atoms with van der Waals surface area (Å²) >= 11 is 6.17. The number of anilines is 1. The number of rotatable bonds is 3. The van der Waals surface area contributed by atoms with Crippen molar-refractivity contribution in [2.24, 2.45) is 0 Å². The van der Waals surface area contributed by atoms with Crippen LogP contribution < -0.4 is 15.8 Å². The quantitative estimate of drug-likeness (QED) is 0.814. The number of carbonyl (C=O) groups is 3. The molecule has 1 fully saturated rings. The van der Waals surface area contributed by atoms with Crippen LogP contribution in [0.1, 0.15) is 39.1 Å². The third kappa shape index (κ3) is 3.86. The first kappa shape index (κ1) is 17.9. The highest BCUT2D eigenvalue weighted by Gasteiger charge is 2.24. The van der Waals surface area contributed by atoms with Gasteiger partial charge in [-0.25, -0.2) is 0 Å². The van der Waals surface area contributed by atoms with Crippen molar-refractivity contribution >= 4 is 35.0 Å². The van der Waals surface area contributed by atoms with Crippen LogP contribution in [0.3, 0.4) is 0 Å². The van der Waals surface area contributed by atoms with Gasteiger partial charge in [0.05, 0.1) is 10.7 Å². The highest BCUT2D eigenvalue weighted by atomic mass is 35.5. The average molecular weight is 372 g/mol. The second-order valence-electron chi connectivity index (χ2n) is 6.09. The van der Waals surface area contributed by atoms with Gasteiger partial charge in [-0.15, -0.1) is 0 Å². The van der Waals surface area contributed by atoms with Crippen LogP contribution in [-0.4, -0.2) is 24.3 Å². The normalized spacial score (nSPS) is 13.6. The number of aryl methyl sites for hydroxylation is 1. The summed E-state index contributed by atoms with van der Waals surface area (Å²) in [4.78, 5) is 37.9. The molecule has 1 saturated heterocycles. The van der Waals surface area contributed by atoms with Gasteiger partial charge in [0.15, 0.2) is 0 Å². The van der Waals surface area contributed by atoms with E-state index < -0.39 is 11.8 Å². The Bertz CT molecular complexity index is 865. The number of hydrogen-bond acceptors (Lipinski definition) is 3. The van der Waals surface area contributed by atoms with Crippen molar-refractivity contribution in [1.82, 2.24) is 10.9 Å². The van der Waals surface area contributed by atoms with Crippen LogP contribution >= 0.6 is 11.6 Å². The van der Waals surface area contributed by atoms with Crippen molar-refractivity contribution in [3.63, 3.8) is 0 Å². The summed E-state index contributed by atoms with van der Waals surface area (Å²) in [5, 5.41) is 0.403. The third-order valence-electron chi connectivity index (χ3n) is 4.18. The number of halogens is 1. The molecule has 2 N–H and O–H groups in total. The minimum atomic E-state index is -0.491. The molecule has 0 unspecified atom stereocenters. The highest BCUT2D eigenvalue weighted by molar-refractivity contribution is 6.34. The molecule has 0 radical (unpaired) electrons. The topological polar surface area (TPSA) is 78.5 Å². The Morgan fingerprint density at radius 2 is 1.62 bits per heavy atom. The molecule has 2 aromatic carbocycles. The number of benzene rings is 2. The van der Waals surface area contributed by atoms with Gasteiger partial charge in [0.25, 0.3) is 11.8 Å². The molecule has 0 spiro atoms. The zero-order chi connectivity index (χ0) is 18.7. The van der Waals surface area contributed by atoms with Gasteiger partial charge in [-0.1, -0.05) is 29.3 Å². The van der Waals surface area contributed by atoms with Gasteiger partial charge in [-0.2, -0.15) is 0 Å². The lowest BCUT2D eigenvalue weighted by atomic mass is 10.1. The fourth-order valence-electron chi connectivity index (χ4n) is 2.73. The lowest BCUT2D eigenvalue weighted by Crippen LogP contribution is -2.41. The number of amides is 3. The Kier molecular flexibility index (Phi) is 5.23. The second-order valence-corrected chi connectivity index (χ2v) is 6.50. The van der Waals surface area contributed by atoms with Crippen LogP contribution in [0, 0.1) is 6.92 Å². The molecular formula is C19H18ClN3O3. The minimum absolute atomic E-state index is 0.0165. The van der Waals surface area contributed by atoms with E-state index in [2.05, 4.69) is 10.9 Å². The molecule has 1 heterocycles. The Hall–Kier alpha value is -2.86. The first-order valence-electron chi connectivity index (χ1n) is 8.23. The zero-order valence-electron chi connectivity index (χ0n) is 14.2. The van der Waals surface area contributed by atoms with Gasteiger partial charge in [-0.05, 0) is 43.7 Å². The second kappa shape index (κ2) is 7.58. The van der Waals surface area contributed by atoms with Crippen molar-refractivity contribution in [2.75, 3.05) is 11.4 Å². The summed E-state index contributed by atoms with van der Waals surface area (Å²) in [7, 11) is 0. The number of nitrogens with one attached hydrogen (secondary N) is 2. The predicted octanol–water partition coefficient (Wildman–Crippen LogP) is 2.85. The number of carbonyl (C=O) groups excluding carboxylic acids is 3. The third-order valence-corrected chi connectivity index (χ3v) is 4.50. The number of hydrogen-bond donors (Lipinski definition) is 2. The van der Waals surface area contributed by atoms with Crippen molar-refractivity contribution < 1.29 is 14.4 Å². The van der Waals surface area contributed by atoms with Crippen LogP contribution in [-0.2, 0) is 4.79 Å². The van der Waals surface area contributed by atoms with Crippen molar-refractivity contribution in [2.45, 2.75) is 19.8 Å². The molecule has 2 aromatic rings. The summed E-state index contributed by atoms with van der Waals surface area (Å²) in [5.74, 6) is -0.922. The van der Waals surface area contributed by atoms with Crippen LogP contribution in [0.25, 0.3) is 0 Å². The molecule has 0 aliphatic carbocycles. The molecule has 26 heavy (non-hydrogen) atoms. The van der Waals surface area contributed by atoms with Crippen molar-refractivity contribution in [3.8, 4) is 0 Å². The number of hydrazine groups is 1. The maximum atomic E-state index is 12.3. The first-order chi connectivity index (χ1) is 12.5. The van der Waals surface area contributed by atoms with Gasteiger partial charge in [0, 0.05) is 24.1 Å². The van der Waals surface area contributed by atoms with E-state index in [9.17, 15) is 14.4 Å². The summed E-state index contributed by atoms with van der Waals surface area (Å²) in [5.41, 5.74) is 7.04. The fraction of sp³-hybridized carbons (Fsp3) is 0.211. The van der Waals surface area contributed by atoms with E-state index in [-0.39, 0.29) is 5.91 Å². The SMILES string of the molecule is Cc1ccc(C(=O)NNC(=O)c2ccc(Cl)c(N3CCCC3=O)c2)cc1. The summed E-state index contributed by atoms with van der Waals surface area (Å²) in [6, 6.07) is 11.6. The van der Waals surface area contributed by atoms with Crippen LogP contribution in [0.15, 0.2) is 42.5 Å². The van der Waals surface area contributed by atoms with Gasteiger partial charge < -0.3 is 4.90 Å². The fourth-order valence-corrected chi connectivity index (χ4v) is 2.95. The van der Waals surface area contributed by atoms with Crippen LogP contribution in [0.4, 0.5) is 5.69 Å². The lowest BCUT2D eigenvalue weighted by Gasteiger charge is -2.18. The molecular weight excluding hydrogens is 354 g/mol. The Morgan fingerprint density at radius 1 is 1.00 bits per heavy atom. The molecule has 3 amide bonds. The molecule has 0 aromatic heterocycles. The predicted molar refractivity (Wildman–Crippen MR) is 99.2 cm³/mol. The van der Waals surface area contributed by atoms with E-state index in [1.54, 1.807) is 35.2 Å². The van der Waals surface area contributed by atoms with E-state index in [4.69, 9.17) is 11.6 Å². The van der Waals surface area contributed by atoms with Gasteiger partial charge in [-0.3, -0.25) is 25.2 Å². The van der Waals surface area contributed by atoms with Crippen LogP contribution in [0.5, 0.6) is 0 Å². The van der Waals surface area contributed by atoms with E-state index >= 15 is 0 Å². The van der Waals surface area contributed by atoms with E-state index in [0.29, 0.717) is 34.8 Å². The van der Waals surface area contributed by atoms with Gasteiger partial charge in [0.1, 0.15) is 0 Å². The molecule has 0 bridgehead atoms. The summed E-state index contributed by atoms with van der Waals surface area (Å²) in [6.45, 7) is 2.50. The van der Waals surface area contributed by atoms with Gasteiger partial charge >= 0.3 is 0 Å². The standard InChI is InChI=1S/C19H18ClN3O3/c1-12-4-6-13(7-5-12)18(25)21-22-19(26)14-8-9-15(20)16(11-14)23-10-2-3-17(23)24/h4-9,11H,2-3,10H2,1H3,(H,21,25)(H,22,26). The largest absolute Gasteiger partial charge is 0.311 e. The van der Waals surface area contributed by atoms with Crippen molar-refractivity contribution in [3.05, 3.63) is 64.2 Å². The molecule has 0 saturated carbocycles.